The fourth-order valence-corrected chi connectivity index (χ4v) is 4.48. The topological polar surface area (TPSA) is 69.2 Å². The Morgan fingerprint density at radius 3 is 2.57 bits per heavy atom. The SMILES string of the molecule is CCN1C[C@@H]2[C@H](C1)[C@H]2n1cc(-c2cnc(N)c(OC(F)(F)F)c2)nc1C1CC1. The standard InChI is InChI=1S/C19H22F3N5O/c1-2-26-7-12-13(8-26)16(12)27-9-14(25-18(27)10-3-4-10)11-5-15(17(23)24-6-11)28-19(20,21)22/h5-6,9-10,12-13,16H,2-4,7-8H2,1H3,(H2,23,24)/t12-,13+,16+. The molecule has 6 nitrogen and oxygen atoms in total. The maximum atomic E-state index is 12.6. The van der Waals surface area contributed by atoms with E-state index in [1.807, 2.05) is 6.20 Å². The first-order chi connectivity index (χ1) is 13.3. The summed E-state index contributed by atoms with van der Waals surface area (Å²) in [5, 5.41) is 0. The van der Waals surface area contributed by atoms with Crippen molar-refractivity contribution in [2.75, 3.05) is 25.4 Å². The number of nitrogens with zero attached hydrogens (tertiary/aromatic N) is 4. The summed E-state index contributed by atoms with van der Waals surface area (Å²) >= 11 is 0. The number of fused-ring (bicyclic) bond motifs is 1. The number of nitrogen functional groups attached to an aromatic ring is 1. The zero-order chi connectivity index (χ0) is 19.6. The van der Waals surface area contributed by atoms with Crippen molar-refractivity contribution >= 4 is 5.82 Å². The molecule has 2 N–H and O–H groups in total. The molecule has 0 aromatic carbocycles. The van der Waals surface area contributed by atoms with E-state index in [0.717, 1.165) is 38.3 Å². The van der Waals surface area contributed by atoms with E-state index in [0.29, 0.717) is 35.1 Å². The molecule has 3 fully saturated rings. The number of anilines is 1. The average Bonchev–Trinajstić information content (AvgIpc) is 3.51. The third-order valence-corrected chi connectivity index (χ3v) is 6.10. The van der Waals surface area contributed by atoms with Crippen molar-refractivity contribution in [3.8, 4) is 17.0 Å². The van der Waals surface area contributed by atoms with Gasteiger partial charge in [0.1, 0.15) is 5.82 Å². The number of likely N-dealkylation sites (tertiary alicyclic amines) is 1. The minimum atomic E-state index is -4.82. The molecule has 1 saturated heterocycles. The molecular weight excluding hydrogens is 371 g/mol. The third kappa shape index (κ3) is 3.11. The second-order valence-corrected chi connectivity index (χ2v) is 7.99. The number of halogens is 3. The van der Waals surface area contributed by atoms with Crippen LogP contribution in [-0.2, 0) is 0 Å². The van der Waals surface area contributed by atoms with Crippen LogP contribution in [0.5, 0.6) is 5.75 Å². The molecule has 3 atom stereocenters. The van der Waals surface area contributed by atoms with Crippen molar-refractivity contribution in [3.63, 3.8) is 0 Å². The summed E-state index contributed by atoms with van der Waals surface area (Å²) in [6, 6.07) is 1.72. The highest BCUT2D eigenvalue weighted by Crippen LogP contribution is 2.57. The average molecular weight is 393 g/mol. The Bertz CT molecular complexity index is 895. The Morgan fingerprint density at radius 2 is 1.96 bits per heavy atom. The van der Waals surface area contributed by atoms with E-state index >= 15 is 0 Å². The lowest BCUT2D eigenvalue weighted by molar-refractivity contribution is -0.274. The van der Waals surface area contributed by atoms with Crippen LogP contribution in [0.2, 0.25) is 0 Å². The van der Waals surface area contributed by atoms with E-state index in [9.17, 15) is 13.2 Å². The Labute approximate surface area is 160 Å². The van der Waals surface area contributed by atoms with Gasteiger partial charge in [-0.05, 0) is 37.3 Å². The van der Waals surface area contributed by atoms with E-state index in [4.69, 9.17) is 10.7 Å². The highest BCUT2D eigenvalue weighted by atomic mass is 19.4. The summed E-state index contributed by atoms with van der Waals surface area (Å²) in [6.45, 7) is 5.47. The van der Waals surface area contributed by atoms with Gasteiger partial charge in [-0.3, -0.25) is 0 Å². The summed E-state index contributed by atoms with van der Waals surface area (Å²) in [7, 11) is 0. The van der Waals surface area contributed by atoms with Gasteiger partial charge in [0.05, 0.1) is 5.69 Å². The van der Waals surface area contributed by atoms with Gasteiger partial charge in [-0.15, -0.1) is 13.2 Å². The monoisotopic (exact) mass is 393 g/mol. The highest BCUT2D eigenvalue weighted by molar-refractivity contribution is 5.64. The van der Waals surface area contributed by atoms with Gasteiger partial charge in [0.25, 0.3) is 0 Å². The van der Waals surface area contributed by atoms with E-state index in [-0.39, 0.29) is 5.82 Å². The second kappa shape index (κ2) is 6.10. The number of ether oxygens (including phenoxy) is 1. The number of hydrogen-bond acceptors (Lipinski definition) is 5. The largest absolute Gasteiger partial charge is 0.573 e. The van der Waals surface area contributed by atoms with Crippen molar-refractivity contribution in [2.24, 2.45) is 11.8 Å². The van der Waals surface area contributed by atoms with Gasteiger partial charge in [0.2, 0.25) is 0 Å². The molecular formula is C19H22F3N5O. The predicted octanol–water partition coefficient (Wildman–Crippen LogP) is 3.43. The lowest BCUT2D eigenvalue weighted by atomic mass is 10.2. The molecule has 0 unspecified atom stereocenters. The van der Waals surface area contributed by atoms with Gasteiger partial charge in [-0.25, -0.2) is 9.97 Å². The molecule has 1 aliphatic heterocycles. The van der Waals surface area contributed by atoms with Gasteiger partial charge >= 0.3 is 6.36 Å². The van der Waals surface area contributed by atoms with E-state index in [1.54, 1.807) is 0 Å². The number of hydrogen-bond donors (Lipinski definition) is 1. The van der Waals surface area contributed by atoms with Crippen molar-refractivity contribution in [1.29, 1.82) is 0 Å². The number of piperidine rings is 1. The van der Waals surface area contributed by atoms with E-state index < -0.39 is 12.1 Å². The van der Waals surface area contributed by atoms with Crippen molar-refractivity contribution in [1.82, 2.24) is 19.4 Å². The predicted molar refractivity (Wildman–Crippen MR) is 96.7 cm³/mol. The van der Waals surface area contributed by atoms with E-state index in [1.165, 1.54) is 12.3 Å². The number of imidazole rings is 1. The number of rotatable bonds is 5. The fraction of sp³-hybridized carbons (Fsp3) is 0.579. The maximum Gasteiger partial charge on any atom is 0.573 e. The molecule has 2 aromatic heterocycles. The summed E-state index contributed by atoms with van der Waals surface area (Å²) in [5.74, 6) is 2.01. The minimum Gasteiger partial charge on any atom is -0.402 e. The van der Waals surface area contributed by atoms with Crippen LogP contribution >= 0.6 is 0 Å². The Kier molecular flexibility index (Phi) is 3.88. The van der Waals surface area contributed by atoms with Crippen LogP contribution in [0.1, 0.15) is 37.5 Å². The summed E-state index contributed by atoms with van der Waals surface area (Å²) in [4.78, 5) is 11.1. The highest BCUT2D eigenvalue weighted by Gasteiger charge is 2.57. The van der Waals surface area contributed by atoms with Crippen LogP contribution < -0.4 is 10.5 Å². The molecule has 0 amide bonds. The Balaban J connectivity index is 1.45. The molecule has 28 heavy (non-hydrogen) atoms. The quantitative estimate of drug-likeness (QED) is 0.843. The van der Waals surface area contributed by atoms with Gasteiger partial charge in [-0.2, -0.15) is 0 Å². The molecule has 2 aromatic rings. The van der Waals surface area contributed by atoms with Crippen molar-refractivity contribution in [2.45, 2.75) is 38.1 Å². The number of alkyl halides is 3. The molecule has 2 saturated carbocycles. The van der Waals surface area contributed by atoms with Gasteiger partial charge in [-0.1, -0.05) is 6.92 Å². The lowest BCUT2D eigenvalue weighted by Crippen LogP contribution is -2.24. The molecule has 5 rings (SSSR count). The maximum absolute atomic E-state index is 12.6. The zero-order valence-corrected chi connectivity index (χ0v) is 15.5. The molecule has 150 valence electrons. The van der Waals surface area contributed by atoms with Crippen LogP contribution in [0, 0.1) is 11.8 Å². The number of pyridine rings is 1. The molecule has 9 heteroatoms. The fourth-order valence-electron chi connectivity index (χ4n) is 4.48. The van der Waals surface area contributed by atoms with Crippen LogP contribution in [-0.4, -0.2) is 45.4 Å². The molecule has 0 radical (unpaired) electrons. The molecule has 2 aliphatic carbocycles. The van der Waals surface area contributed by atoms with Gasteiger partial charge in [0, 0.05) is 43.0 Å². The molecule has 0 bridgehead atoms. The van der Waals surface area contributed by atoms with Crippen molar-refractivity contribution in [3.05, 3.63) is 24.3 Å². The first-order valence-corrected chi connectivity index (χ1v) is 9.67. The van der Waals surface area contributed by atoms with Crippen LogP contribution in [0.3, 0.4) is 0 Å². The zero-order valence-electron chi connectivity index (χ0n) is 15.5. The lowest BCUT2D eigenvalue weighted by Gasteiger charge is -2.18. The number of aromatic nitrogens is 3. The molecule has 3 aliphatic rings. The minimum absolute atomic E-state index is 0.292. The van der Waals surface area contributed by atoms with Gasteiger partial charge in [0.15, 0.2) is 11.6 Å². The first kappa shape index (κ1) is 17.8. The van der Waals surface area contributed by atoms with Crippen LogP contribution in [0.15, 0.2) is 18.5 Å². The Hall–Kier alpha value is -2.29. The summed E-state index contributed by atoms with van der Waals surface area (Å²) < 4.78 is 44.1. The molecule has 3 heterocycles. The normalized spacial score (nSPS) is 27.1. The molecule has 0 spiro atoms. The van der Waals surface area contributed by atoms with Crippen molar-refractivity contribution < 1.29 is 17.9 Å². The number of nitrogens with two attached hydrogens (primary N) is 1. The smallest absolute Gasteiger partial charge is 0.402 e. The first-order valence-electron chi connectivity index (χ1n) is 9.67. The third-order valence-electron chi connectivity index (χ3n) is 6.10. The second-order valence-electron chi connectivity index (χ2n) is 7.99. The van der Waals surface area contributed by atoms with Gasteiger partial charge < -0.3 is 19.9 Å². The summed E-state index contributed by atoms with van der Waals surface area (Å²) in [6.07, 6.45) is 0.833. The summed E-state index contributed by atoms with van der Waals surface area (Å²) in [5.41, 5.74) is 6.65. The Morgan fingerprint density at radius 1 is 1.25 bits per heavy atom. The van der Waals surface area contributed by atoms with E-state index in [2.05, 4.69) is 26.1 Å². The van der Waals surface area contributed by atoms with Crippen LogP contribution in [0.4, 0.5) is 19.0 Å². The van der Waals surface area contributed by atoms with Crippen LogP contribution in [0.25, 0.3) is 11.3 Å².